The molecule has 0 spiro atoms. The molecule has 4 nitrogen and oxygen atoms in total. The van der Waals surface area contributed by atoms with E-state index in [2.05, 4.69) is 0 Å². The van der Waals surface area contributed by atoms with E-state index in [1.807, 2.05) is 0 Å². The number of alkyl halides is 2. The van der Waals surface area contributed by atoms with E-state index < -0.39 is 36.7 Å². The minimum Gasteiger partial charge on any atom is -0.368 e. The van der Waals surface area contributed by atoms with E-state index in [1.165, 1.54) is 0 Å². The molecule has 1 aliphatic rings. The van der Waals surface area contributed by atoms with Gasteiger partial charge in [-0.2, -0.15) is 0 Å². The fourth-order valence-electron chi connectivity index (χ4n) is 1.40. The van der Waals surface area contributed by atoms with Crippen molar-refractivity contribution in [3.8, 4) is 0 Å². The van der Waals surface area contributed by atoms with Crippen LogP contribution in [0.25, 0.3) is 0 Å². The smallest absolute Gasteiger partial charge is 0.267 e. The van der Waals surface area contributed by atoms with Crippen LogP contribution in [-0.4, -0.2) is 35.2 Å². The summed E-state index contributed by atoms with van der Waals surface area (Å²) >= 11 is 0. The highest BCUT2D eigenvalue weighted by molar-refractivity contribution is 5.86. The maximum atomic E-state index is 12.8. The molecular weight excluding hydrogens is 182 g/mol. The Hall–Kier alpha value is -1.20. The Labute approximate surface area is 73.7 Å². The number of rotatable bonds is 1. The number of halogens is 2. The van der Waals surface area contributed by atoms with Crippen LogP contribution in [0.1, 0.15) is 13.3 Å². The number of hydrogen-bond donors (Lipinski definition) is 1. The number of nitrogens with two attached hydrogens (primary N) is 1. The molecule has 1 unspecified atom stereocenters. The van der Waals surface area contributed by atoms with Crippen molar-refractivity contribution in [1.82, 2.24) is 4.90 Å². The molecule has 0 radical (unpaired) electrons. The Morgan fingerprint density at radius 3 is 2.38 bits per heavy atom. The minimum atomic E-state index is -2.99. The quantitative estimate of drug-likeness (QED) is 0.621. The second kappa shape index (κ2) is 2.93. The van der Waals surface area contributed by atoms with Crippen LogP contribution >= 0.6 is 0 Å². The van der Waals surface area contributed by atoms with Gasteiger partial charge < -0.3 is 10.6 Å². The highest BCUT2D eigenvalue weighted by atomic mass is 19.3. The zero-order valence-electron chi connectivity index (χ0n) is 7.09. The lowest BCUT2D eigenvalue weighted by molar-refractivity contribution is -0.135. The van der Waals surface area contributed by atoms with Crippen LogP contribution in [0.5, 0.6) is 0 Å². The van der Waals surface area contributed by atoms with Gasteiger partial charge in [0.25, 0.3) is 5.92 Å². The minimum absolute atomic E-state index is 0.555. The number of primary amides is 1. The number of likely N-dealkylation sites (tertiary alicyclic amines) is 1. The van der Waals surface area contributed by atoms with Crippen molar-refractivity contribution in [2.45, 2.75) is 25.3 Å². The van der Waals surface area contributed by atoms with Gasteiger partial charge in [-0.05, 0) is 0 Å². The van der Waals surface area contributed by atoms with Crippen molar-refractivity contribution in [2.24, 2.45) is 5.73 Å². The third-order valence-corrected chi connectivity index (χ3v) is 2.00. The molecule has 0 saturated carbocycles. The summed E-state index contributed by atoms with van der Waals surface area (Å²) in [5.41, 5.74) is 4.88. The highest BCUT2D eigenvalue weighted by Gasteiger charge is 2.48. The van der Waals surface area contributed by atoms with Gasteiger partial charge in [-0.15, -0.1) is 0 Å². The van der Waals surface area contributed by atoms with Gasteiger partial charge in [-0.3, -0.25) is 9.59 Å². The summed E-state index contributed by atoms with van der Waals surface area (Å²) in [6.07, 6.45) is -0.665. The molecule has 0 aromatic carbocycles. The van der Waals surface area contributed by atoms with E-state index in [1.54, 1.807) is 0 Å². The van der Waals surface area contributed by atoms with E-state index >= 15 is 0 Å². The second-order valence-electron chi connectivity index (χ2n) is 3.13. The first-order valence-electron chi connectivity index (χ1n) is 3.78. The molecule has 1 saturated heterocycles. The Kier molecular flexibility index (Phi) is 2.23. The van der Waals surface area contributed by atoms with Gasteiger partial charge in [-0.1, -0.05) is 0 Å². The summed E-state index contributed by atoms with van der Waals surface area (Å²) in [5.74, 6) is -4.43. The van der Waals surface area contributed by atoms with Crippen LogP contribution in [-0.2, 0) is 9.59 Å². The third-order valence-electron chi connectivity index (χ3n) is 2.00. The molecule has 0 aromatic heterocycles. The van der Waals surface area contributed by atoms with Crippen LogP contribution in [0.3, 0.4) is 0 Å². The molecule has 1 aliphatic heterocycles. The molecule has 13 heavy (non-hydrogen) atoms. The first-order valence-corrected chi connectivity index (χ1v) is 3.78. The molecule has 2 N–H and O–H groups in total. The zero-order chi connectivity index (χ0) is 10.2. The SMILES string of the molecule is CC(=O)N1CC(F)(F)CC1C(N)=O. The fraction of sp³-hybridized carbons (Fsp3) is 0.714. The second-order valence-corrected chi connectivity index (χ2v) is 3.13. The monoisotopic (exact) mass is 192 g/mol. The van der Waals surface area contributed by atoms with E-state index in [-0.39, 0.29) is 0 Å². The Morgan fingerprint density at radius 1 is 1.54 bits per heavy atom. The molecule has 0 bridgehead atoms. The molecule has 1 heterocycles. The predicted octanol–water partition coefficient (Wildman–Crippen LogP) is -0.272. The predicted molar refractivity (Wildman–Crippen MR) is 39.9 cm³/mol. The van der Waals surface area contributed by atoms with Crippen LogP contribution in [0.4, 0.5) is 8.78 Å². The molecule has 0 aliphatic carbocycles. The van der Waals surface area contributed by atoms with E-state index in [0.29, 0.717) is 0 Å². The van der Waals surface area contributed by atoms with Gasteiger partial charge in [-0.25, -0.2) is 8.78 Å². The number of hydrogen-bond acceptors (Lipinski definition) is 2. The lowest BCUT2D eigenvalue weighted by atomic mass is 10.2. The Bertz CT molecular complexity index is 231. The average Bonchev–Trinajstić information content (AvgIpc) is 2.26. The van der Waals surface area contributed by atoms with Gasteiger partial charge in [0.15, 0.2) is 0 Å². The fourth-order valence-corrected chi connectivity index (χ4v) is 1.40. The van der Waals surface area contributed by atoms with Gasteiger partial charge in [0, 0.05) is 13.3 Å². The molecule has 1 fully saturated rings. The van der Waals surface area contributed by atoms with Crippen molar-refractivity contribution in [2.75, 3.05) is 6.54 Å². The first-order chi connectivity index (χ1) is 5.83. The number of carbonyl (C=O) groups excluding carboxylic acids is 2. The standard InChI is InChI=1S/C7H10F2N2O2/c1-4(12)11-3-7(8,9)2-5(11)6(10)13/h5H,2-3H2,1H3,(H2,10,13). The van der Waals surface area contributed by atoms with E-state index in [4.69, 9.17) is 5.73 Å². The average molecular weight is 192 g/mol. The van der Waals surface area contributed by atoms with Gasteiger partial charge >= 0.3 is 0 Å². The van der Waals surface area contributed by atoms with Crippen molar-refractivity contribution in [1.29, 1.82) is 0 Å². The summed E-state index contributed by atoms with van der Waals surface area (Å²) in [5, 5.41) is 0. The summed E-state index contributed by atoms with van der Waals surface area (Å²) in [6.45, 7) is 0.424. The van der Waals surface area contributed by atoms with Crippen molar-refractivity contribution in [3.05, 3.63) is 0 Å². The lowest BCUT2D eigenvalue weighted by Gasteiger charge is -2.18. The molecule has 74 valence electrons. The van der Waals surface area contributed by atoms with Crippen molar-refractivity contribution >= 4 is 11.8 Å². The van der Waals surface area contributed by atoms with Crippen LogP contribution in [0.15, 0.2) is 0 Å². The van der Waals surface area contributed by atoms with Crippen molar-refractivity contribution in [3.63, 3.8) is 0 Å². The Balaban J connectivity index is 2.83. The van der Waals surface area contributed by atoms with Crippen LogP contribution in [0, 0.1) is 0 Å². The van der Waals surface area contributed by atoms with Crippen LogP contribution in [0.2, 0.25) is 0 Å². The summed E-state index contributed by atoms with van der Waals surface area (Å²) in [4.78, 5) is 22.3. The zero-order valence-corrected chi connectivity index (χ0v) is 7.09. The summed E-state index contributed by atoms with van der Waals surface area (Å²) in [6, 6.07) is -1.16. The number of carbonyl (C=O) groups is 2. The molecule has 1 rings (SSSR count). The summed E-state index contributed by atoms with van der Waals surface area (Å²) < 4.78 is 25.5. The molecule has 1 atom stereocenters. The molecule has 6 heteroatoms. The molecular formula is C7H10F2N2O2. The summed E-state index contributed by atoms with van der Waals surface area (Å²) in [7, 11) is 0. The number of nitrogens with zero attached hydrogens (tertiary/aromatic N) is 1. The lowest BCUT2D eigenvalue weighted by Crippen LogP contribution is -2.42. The van der Waals surface area contributed by atoms with E-state index in [0.717, 1.165) is 11.8 Å². The largest absolute Gasteiger partial charge is 0.368 e. The van der Waals surface area contributed by atoms with Gasteiger partial charge in [0.05, 0.1) is 6.54 Å². The van der Waals surface area contributed by atoms with Gasteiger partial charge in [0.1, 0.15) is 6.04 Å². The van der Waals surface area contributed by atoms with Crippen molar-refractivity contribution < 1.29 is 18.4 Å². The highest BCUT2D eigenvalue weighted by Crippen LogP contribution is 2.31. The topological polar surface area (TPSA) is 63.4 Å². The van der Waals surface area contributed by atoms with Crippen LogP contribution < -0.4 is 5.73 Å². The first kappa shape index (κ1) is 9.88. The maximum Gasteiger partial charge on any atom is 0.267 e. The maximum absolute atomic E-state index is 12.8. The molecule has 2 amide bonds. The third kappa shape index (κ3) is 1.93. The molecule has 0 aromatic rings. The number of amides is 2. The Morgan fingerprint density at radius 2 is 2.08 bits per heavy atom. The van der Waals surface area contributed by atoms with E-state index in [9.17, 15) is 18.4 Å². The van der Waals surface area contributed by atoms with Gasteiger partial charge in [0.2, 0.25) is 11.8 Å². The normalized spacial score (nSPS) is 26.1.